The van der Waals surface area contributed by atoms with Gasteiger partial charge in [-0.1, -0.05) is 6.92 Å². The number of nitrogens with two attached hydrogens (primary N) is 1. The van der Waals surface area contributed by atoms with Crippen LogP contribution in [0.25, 0.3) is 0 Å². The summed E-state index contributed by atoms with van der Waals surface area (Å²) in [7, 11) is 3.67. The lowest BCUT2D eigenvalue weighted by Gasteiger charge is -2.20. The van der Waals surface area contributed by atoms with Crippen LogP contribution in [0.5, 0.6) is 0 Å². The highest BCUT2D eigenvalue weighted by Gasteiger charge is 2.10. The van der Waals surface area contributed by atoms with E-state index in [1.54, 1.807) is 18.4 Å². The molecule has 4 nitrogen and oxygen atoms in total. The lowest BCUT2D eigenvalue weighted by molar-refractivity contribution is 0.181. The molecule has 0 saturated carbocycles. The molecule has 86 valence electrons. The van der Waals surface area contributed by atoms with Crippen molar-refractivity contribution in [2.75, 3.05) is 32.2 Å². The monoisotopic (exact) mass is 229 g/mol. The predicted octanol–water partition coefficient (Wildman–Crippen LogP) is 1.12. The Labute approximate surface area is 95.1 Å². The van der Waals surface area contributed by atoms with E-state index in [4.69, 9.17) is 10.5 Å². The zero-order valence-corrected chi connectivity index (χ0v) is 10.4. The number of hydrogen-bond donors (Lipinski definition) is 1. The second-order valence-electron chi connectivity index (χ2n) is 3.57. The molecule has 1 atom stereocenters. The second-order valence-corrected chi connectivity index (χ2v) is 4.41. The highest BCUT2D eigenvalue weighted by molar-refractivity contribution is 7.13. The Balaban J connectivity index is 2.49. The van der Waals surface area contributed by atoms with Gasteiger partial charge < -0.3 is 15.4 Å². The number of aromatic nitrogens is 1. The number of aryl methyl sites for hydroxylation is 1. The third kappa shape index (κ3) is 3.77. The molecular formula is C10H19N3OS. The SMILES string of the molecule is CCc1csc(N(C)CC(N)COC)n1. The number of thiazole rings is 1. The summed E-state index contributed by atoms with van der Waals surface area (Å²) in [5.74, 6) is 0. The third-order valence-corrected chi connectivity index (χ3v) is 3.12. The van der Waals surface area contributed by atoms with Crippen LogP contribution in [0, 0.1) is 0 Å². The average molecular weight is 229 g/mol. The fourth-order valence-corrected chi connectivity index (χ4v) is 2.22. The Bertz CT molecular complexity index is 290. The van der Waals surface area contributed by atoms with Crippen molar-refractivity contribution in [3.8, 4) is 0 Å². The zero-order chi connectivity index (χ0) is 11.3. The van der Waals surface area contributed by atoms with Crippen LogP contribution in [0.3, 0.4) is 0 Å². The minimum Gasteiger partial charge on any atom is -0.383 e. The number of likely N-dealkylation sites (N-methyl/N-ethyl adjacent to an activating group) is 1. The zero-order valence-electron chi connectivity index (χ0n) is 9.56. The highest BCUT2D eigenvalue weighted by atomic mass is 32.1. The topological polar surface area (TPSA) is 51.4 Å². The summed E-state index contributed by atoms with van der Waals surface area (Å²) >= 11 is 1.66. The van der Waals surface area contributed by atoms with Gasteiger partial charge in [-0.05, 0) is 6.42 Å². The van der Waals surface area contributed by atoms with Gasteiger partial charge in [0.25, 0.3) is 0 Å². The molecular weight excluding hydrogens is 210 g/mol. The number of rotatable bonds is 6. The van der Waals surface area contributed by atoms with E-state index in [9.17, 15) is 0 Å². The number of hydrogen-bond acceptors (Lipinski definition) is 5. The largest absolute Gasteiger partial charge is 0.383 e. The first-order valence-electron chi connectivity index (χ1n) is 5.07. The Morgan fingerprint density at radius 2 is 2.40 bits per heavy atom. The van der Waals surface area contributed by atoms with Crippen LogP contribution in [0.1, 0.15) is 12.6 Å². The first kappa shape index (κ1) is 12.4. The molecule has 0 aliphatic heterocycles. The molecule has 1 aromatic rings. The van der Waals surface area contributed by atoms with Crippen LogP contribution in [-0.2, 0) is 11.2 Å². The van der Waals surface area contributed by atoms with Crippen LogP contribution < -0.4 is 10.6 Å². The Hall–Kier alpha value is -0.650. The summed E-state index contributed by atoms with van der Waals surface area (Å²) in [5, 5.41) is 3.12. The van der Waals surface area contributed by atoms with Crippen LogP contribution in [0.4, 0.5) is 5.13 Å². The van der Waals surface area contributed by atoms with E-state index in [2.05, 4.69) is 22.2 Å². The minimum atomic E-state index is 0.0361. The maximum atomic E-state index is 5.87. The number of methoxy groups -OCH3 is 1. The molecule has 0 radical (unpaired) electrons. The number of nitrogens with zero attached hydrogens (tertiary/aromatic N) is 2. The van der Waals surface area contributed by atoms with E-state index in [0.717, 1.165) is 23.8 Å². The standard InChI is InChI=1S/C10H19N3OS/c1-4-9-7-15-10(12-9)13(2)5-8(11)6-14-3/h7-8H,4-6,11H2,1-3H3. The van der Waals surface area contributed by atoms with Gasteiger partial charge in [0.15, 0.2) is 5.13 Å². The Kier molecular flexibility index (Phi) is 5.01. The van der Waals surface area contributed by atoms with E-state index in [-0.39, 0.29) is 6.04 Å². The second kappa shape index (κ2) is 6.05. The Morgan fingerprint density at radius 1 is 1.67 bits per heavy atom. The summed E-state index contributed by atoms with van der Waals surface area (Å²) in [4.78, 5) is 6.57. The molecule has 0 aliphatic rings. The van der Waals surface area contributed by atoms with E-state index in [1.165, 1.54) is 0 Å². The van der Waals surface area contributed by atoms with Gasteiger partial charge >= 0.3 is 0 Å². The van der Waals surface area contributed by atoms with Crippen molar-refractivity contribution < 1.29 is 4.74 Å². The van der Waals surface area contributed by atoms with Crippen molar-refractivity contribution in [1.82, 2.24) is 4.98 Å². The molecule has 2 N–H and O–H groups in total. The summed E-state index contributed by atoms with van der Waals surface area (Å²) in [6.07, 6.45) is 0.981. The van der Waals surface area contributed by atoms with Gasteiger partial charge in [-0.25, -0.2) is 4.98 Å². The van der Waals surface area contributed by atoms with Crippen molar-refractivity contribution >= 4 is 16.5 Å². The van der Waals surface area contributed by atoms with Gasteiger partial charge in [0, 0.05) is 32.1 Å². The molecule has 0 aliphatic carbocycles. The Morgan fingerprint density at radius 3 is 2.93 bits per heavy atom. The molecule has 1 unspecified atom stereocenters. The van der Waals surface area contributed by atoms with Crippen molar-refractivity contribution in [2.24, 2.45) is 5.73 Å². The molecule has 0 aromatic carbocycles. The lowest BCUT2D eigenvalue weighted by atomic mass is 10.3. The fraction of sp³-hybridized carbons (Fsp3) is 0.700. The summed E-state index contributed by atoms with van der Waals surface area (Å²) in [5.41, 5.74) is 7.01. The third-order valence-electron chi connectivity index (χ3n) is 2.12. The van der Waals surface area contributed by atoms with Gasteiger partial charge in [-0.2, -0.15) is 0 Å². The minimum absolute atomic E-state index is 0.0361. The smallest absolute Gasteiger partial charge is 0.185 e. The molecule has 0 spiro atoms. The fourth-order valence-electron chi connectivity index (χ4n) is 1.33. The van der Waals surface area contributed by atoms with E-state index >= 15 is 0 Å². The molecule has 0 bridgehead atoms. The lowest BCUT2D eigenvalue weighted by Crippen LogP contribution is -2.38. The van der Waals surface area contributed by atoms with Crippen molar-refractivity contribution in [3.63, 3.8) is 0 Å². The molecule has 15 heavy (non-hydrogen) atoms. The maximum absolute atomic E-state index is 5.87. The van der Waals surface area contributed by atoms with E-state index in [1.807, 2.05) is 7.05 Å². The number of anilines is 1. The van der Waals surface area contributed by atoms with Crippen LogP contribution in [0.2, 0.25) is 0 Å². The van der Waals surface area contributed by atoms with Gasteiger partial charge in [-0.3, -0.25) is 0 Å². The van der Waals surface area contributed by atoms with Crippen molar-refractivity contribution in [3.05, 3.63) is 11.1 Å². The molecule has 1 aromatic heterocycles. The molecule has 5 heteroatoms. The average Bonchev–Trinajstić information content (AvgIpc) is 2.66. The van der Waals surface area contributed by atoms with Crippen LogP contribution in [0.15, 0.2) is 5.38 Å². The molecule has 0 fully saturated rings. The molecule has 1 rings (SSSR count). The molecule has 0 amide bonds. The van der Waals surface area contributed by atoms with Crippen molar-refractivity contribution in [1.29, 1.82) is 0 Å². The molecule has 0 saturated heterocycles. The summed E-state index contributed by atoms with van der Waals surface area (Å²) in [6.45, 7) is 3.45. The molecule has 1 heterocycles. The van der Waals surface area contributed by atoms with Crippen molar-refractivity contribution in [2.45, 2.75) is 19.4 Å². The predicted molar refractivity (Wildman–Crippen MR) is 64.6 cm³/mol. The first-order chi connectivity index (χ1) is 7.17. The van der Waals surface area contributed by atoms with Gasteiger partial charge in [0.1, 0.15) is 0 Å². The van der Waals surface area contributed by atoms with Gasteiger partial charge in [0.05, 0.1) is 12.3 Å². The van der Waals surface area contributed by atoms with E-state index < -0.39 is 0 Å². The van der Waals surface area contributed by atoms with Crippen LogP contribution >= 0.6 is 11.3 Å². The van der Waals surface area contributed by atoms with Gasteiger partial charge in [0.2, 0.25) is 0 Å². The quantitative estimate of drug-likeness (QED) is 0.794. The van der Waals surface area contributed by atoms with E-state index in [0.29, 0.717) is 6.61 Å². The summed E-state index contributed by atoms with van der Waals surface area (Å²) in [6, 6.07) is 0.0361. The van der Waals surface area contributed by atoms with Gasteiger partial charge in [-0.15, -0.1) is 11.3 Å². The highest BCUT2D eigenvalue weighted by Crippen LogP contribution is 2.19. The maximum Gasteiger partial charge on any atom is 0.185 e. The number of ether oxygens (including phenoxy) is 1. The van der Waals surface area contributed by atoms with Crippen LogP contribution in [-0.4, -0.2) is 38.3 Å². The summed E-state index contributed by atoms with van der Waals surface area (Å²) < 4.78 is 5.00. The first-order valence-corrected chi connectivity index (χ1v) is 5.95. The normalized spacial score (nSPS) is 12.8.